The van der Waals surface area contributed by atoms with Crippen molar-refractivity contribution < 1.29 is 9.15 Å². The number of fused-ring (bicyclic) bond motifs is 1. The lowest BCUT2D eigenvalue weighted by molar-refractivity contribution is 0.411. The van der Waals surface area contributed by atoms with Gasteiger partial charge < -0.3 is 9.15 Å². The van der Waals surface area contributed by atoms with E-state index in [1.807, 2.05) is 19.1 Å². The molecule has 1 heterocycles. The van der Waals surface area contributed by atoms with Gasteiger partial charge in [0, 0.05) is 6.92 Å². The number of nitrogens with zero attached hydrogens (tertiary/aromatic N) is 1. The van der Waals surface area contributed by atoms with Crippen LogP contribution in [0.3, 0.4) is 0 Å². The largest absolute Gasteiger partial charge is 0.496 e. The van der Waals surface area contributed by atoms with Crippen molar-refractivity contribution in [2.75, 3.05) is 7.11 Å². The number of methoxy groups -OCH3 is 1. The number of aromatic nitrogens is 1. The Morgan fingerprint density at radius 2 is 2.23 bits per heavy atom. The first-order chi connectivity index (χ1) is 6.22. The van der Waals surface area contributed by atoms with Crippen LogP contribution in [0, 0.1) is 10.5 Å². The van der Waals surface area contributed by atoms with Crippen molar-refractivity contribution in [3.8, 4) is 5.75 Å². The number of halogens is 1. The van der Waals surface area contributed by atoms with E-state index in [1.165, 1.54) is 0 Å². The molecule has 1 aromatic carbocycles. The molecule has 0 saturated carbocycles. The maximum atomic E-state index is 5.44. The van der Waals surface area contributed by atoms with Gasteiger partial charge in [-0.15, -0.1) is 0 Å². The number of rotatable bonds is 1. The minimum Gasteiger partial charge on any atom is -0.496 e. The average molecular weight is 289 g/mol. The molecule has 0 aliphatic rings. The molecular weight excluding hydrogens is 281 g/mol. The molecule has 0 bridgehead atoms. The summed E-state index contributed by atoms with van der Waals surface area (Å²) < 4.78 is 11.6. The van der Waals surface area contributed by atoms with Crippen LogP contribution in [0.1, 0.15) is 5.89 Å². The zero-order chi connectivity index (χ0) is 9.42. The molecule has 3 nitrogen and oxygen atoms in total. The second kappa shape index (κ2) is 3.17. The average Bonchev–Trinajstić information content (AvgIpc) is 2.47. The Bertz CT molecular complexity index is 450. The van der Waals surface area contributed by atoms with Crippen molar-refractivity contribution in [2.24, 2.45) is 0 Å². The Morgan fingerprint density at radius 3 is 2.92 bits per heavy atom. The summed E-state index contributed by atoms with van der Waals surface area (Å²) in [5, 5.41) is 0. The third-order valence-corrected chi connectivity index (χ3v) is 2.81. The van der Waals surface area contributed by atoms with Crippen LogP contribution in [0.15, 0.2) is 16.5 Å². The van der Waals surface area contributed by atoms with Gasteiger partial charge in [-0.25, -0.2) is 4.98 Å². The fourth-order valence-electron chi connectivity index (χ4n) is 1.21. The van der Waals surface area contributed by atoms with E-state index in [0.29, 0.717) is 5.89 Å². The molecule has 68 valence electrons. The zero-order valence-electron chi connectivity index (χ0n) is 7.30. The molecule has 0 saturated heterocycles. The van der Waals surface area contributed by atoms with Gasteiger partial charge in [0.15, 0.2) is 11.5 Å². The van der Waals surface area contributed by atoms with Gasteiger partial charge in [-0.1, -0.05) is 0 Å². The van der Waals surface area contributed by atoms with Crippen molar-refractivity contribution in [1.82, 2.24) is 4.98 Å². The van der Waals surface area contributed by atoms with Crippen LogP contribution in [0.2, 0.25) is 0 Å². The second-order valence-corrected chi connectivity index (χ2v) is 3.74. The molecule has 0 N–H and O–H groups in total. The van der Waals surface area contributed by atoms with Crippen LogP contribution in [-0.2, 0) is 0 Å². The monoisotopic (exact) mass is 289 g/mol. The van der Waals surface area contributed by atoms with Gasteiger partial charge in [0.2, 0.25) is 0 Å². The molecule has 2 rings (SSSR count). The number of hydrogen-bond donors (Lipinski definition) is 0. The summed E-state index contributed by atoms with van der Waals surface area (Å²) in [5.41, 5.74) is 1.68. The van der Waals surface area contributed by atoms with Gasteiger partial charge in [-0.05, 0) is 34.7 Å². The molecule has 0 unspecified atom stereocenters. The van der Waals surface area contributed by atoms with Gasteiger partial charge in [0.05, 0.1) is 10.7 Å². The van der Waals surface area contributed by atoms with E-state index in [-0.39, 0.29) is 0 Å². The van der Waals surface area contributed by atoms with E-state index in [2.05, 4.69) is 27.6 Å². The van der Waals surface area contributed by atoms with E-state index in [0.717, 1.165) is 20.4 Å². The predicted molar refractivity (Wildman–Crippen MR) is 58.0 cm³/mol. The summed E-state index contributed by atoms with van der Waals surface area (Å²) in [4.78, 5) is 4.22. The molecule has 0 aliphatic heterocycles. The van der Waals surface area contributed by atoms with Crippen molar-refractivity contribution in [2.45, 2.75) is 6.92 Å². The summed E-state index contributed by atoms with van der Waals surface area (Å²) in [5.74, 6) is 1.51. The third-order valence-electron chi connectivity index (χ3n) is 1.79. The highest BCUT2D eigenvalue weighted by molar-refractivity contribution is 14.1. The molecular formula is C9H8INO2. The second-order valence-electron chi connectivity index (χ2n) is 2.66. The summed E-state index contributed by atoms with van der Waals surface area (Å²) in [7, 11) is 1.65. The molecule has 0 radical (unpaired) electrons. The van der Waals surface area contributed by atoms with Crippen LogP contribution < -0.4 is 4.74 Å². The summed E-state index contributed by atoms with van der Waals surface area (Å²) >= 11 is 2.19. The van der Waals surface area contributed by atoms with E-state index < -0.39 is 0 Å². The Balaban J connectivity index is 2.78. The van der Waals surface area contributed by atoms with Gasteiger partial charge in [0.25, 0.3) is 0 Å². The first-order valence-corrected chi connectivity index (χ1v) is 4.90. The predicted octanol–water partition coefficient (Wildman–Crippen LogP) is 2.75. The normalized spacial score (nSPS) is 10.7. The van der Waals surface area contributed by atoms with Gasteiger partial charge >= 0.3 is 0 Å². The maximum absolute atomic E-state index is 5.44. The summed E-state index contributed by atoms with van der Waals surface area (Å²) in [6.07, 6.45) is 0. The van der Waals surface area contributed by atoms with Crippen molar-refractivity contribution in [3.63, 3.8) is 0 Å². The van der Waals surface area contributed by atoms with E-state index in [1.54, 1.807) is 7.11 Å². The quantitative estimate of drug-likeness (QED) is 0.757. The Morgan fingerprint density at radius 1 is 1.46 bits per heavy atom. The molecule has 0 amide bonds. The van der Waals surface area contributed by atoms with Gasteiger partial charge in [0.1, 0.15) is 11.3 Å². The molecule has 13 heavy (non-hydrogen) atoms. The van der Waals surface area contributed by atoms with Crippen molar-refractivity contribution in [3.05, 3.63) is 21.6 Å². The molecule has 4 heteroatoms. The van der Waals surface area contributed by atoms with Gasteiger partial charge in [-0.3, -0.25) is 0 Å². The first kappa shape index (κ1) is 8.80. The number of aryl methyl sites for hydroxylation is 1. The summed E-state index contributed by atoms with van der Waals surface area (Å²) in [6.45, 7) is 1.84. The van der Waals surface area contributed by atoms with Crippen LogP contribution in [-0.4, -0.2) is 12.1 Å². The van der Waals surface area contributed by atoms with Crippen LogP contribution in [0.25, 0.3) is 11.1 Å². The minimum absolute atomic E-state index is 0.682. The van der Waals surface area contributed by atoms with E-state index in [4.69, 9.17) is 9.15 Å². The van der Waals surface area contributed by atoms with E-state index in [9.17, 15) is 0 Å². The molecule has 0 atom stereocenters. The maximum Gasteiger partial charge on any atom is 0.192 e. The molecule has 2 aromatic rings. The smallest absolute Gasteiger partial charge is 0.192 e. The highest BCUT2D eigenvalue weighted by atomic mass is 127. The fourth-order valence-corrected chi connectivity index (χ4v) is 2.00. The minimum atomic E-state index is 0.682. The SMILES string of the molecule is COc1ccc2nc(C)oc2c1I. The topological polar surface area (TPSA) is 35.3 Å². The Labute approximate surface area is 89.2 Å². The van der Waals surface area contributed by atoms with Crippen LogP contribution in [0.4, 0.5) is 0 Å². The lowest BCUT2D eigenvalue weighted by Gasteiger charge is -2.00. The van der Waals surface area contributed by atoms with Crippen molar-refractivity contribution in [1.29, 1.82) is 0 Å². The molecule has 1 aromatic heterocycles. The van der Waals surface area contributed by atoms with E-state index >= 15 is 0 Å². The van der Waals surface area contributed by atoms with Crippen LogP contribution in [0.5, 0.6) is 5.75 Å². The number of hydrogen-bond acceptors (Lipinski definition) is 3. The van der Waals surface area contributed by atoms with Gasteiger partial charge in [-0.2, -0.15) is 0 Å². The molecule has 0 spiro atoms. The zero-order valence-corrected chi connectivity index (χ0v) is 9.45. The fraction of sp³-hybridized carbons (Fsp3) is 0.222. The van der Waals surface area contributed by atoms with Crippen LogP contribution >= 0.6 is 22.6 Å². The summed E-state index contributed by atoms with van der Waals surface area (Å²) in [6, 6.07) is 3.79. The molecule has 0 fully saturated rings. The Kier molecular flexibility index (Phi) is 2.15. The standard InChI is InChI=1S/C9H8INO2/c1-5-11-6-3-4-7(12-2)8(10)9(6)13-5/h3-4H,1-2H3. The molecule has 0 aliphatic carbocycles. The highest BCUT2D eigenvalue weighted by Gasteiger charge is 2.10. The number of ether oxygens (including phenoxy) is 1. The third kappa shape index (κ3) is 1.39. The van der Waals surface area contributed by atoms with Crippen molar-refractivity contribution >= 4 is 33.7 Å². The highest BCUT2D eigenvalue weighted by Crippen LogP contribution is 2.29. The lowest BCUT2D eigenvalue weighted by atomic mass is 10.3. The Hall–Kier alpha value is -0.780. The number of oxazole rings is 1. The lowest BCUT2D eigenvalue weighted by Crippen LogP contribution is -1.86. The first-order valence-electron chi connectivity index (χ1n) is 3.82. The number of benzene rings is 1.